The quantitative estimate of drug-likeness (QED) is 0.521. The van der Waals surface area contributed by atoms with Crippen LogP contribution in [0.2, 0.25) is 0 Å². The van der Waals surface area contributed by atoms with E-state index in [1.165, 1.54) is 17.0 Å². The number of nitrogens with one attached hydrogen (secondary N) is 3. The number of ether oxygens (including phenoxy) is 1. The van der Waals surface area contributed by atoms with Gasteiger partial charge in [0, 0.05) is 31.7 Å². The molecular weight excluding hydrogens is 463 g/mol. The lowest BCUT2D eigenvalue weighted by Crippen LogP contribution is -2.52. The highest BCUT2D eigenvalue weighted by Gasteiger charge is 2.32. The summed E-state index contributed by atoms with van der Waals surface area (Å²) in [5, 5.41) is 8.95. The Bertz CT molecular complexity index is 1160. The van der Waals surface area contributed by atoms with Crippen LogP contribution in [0, 0.1) is 23.6 Å². The van der Waals surface area contributed by atoms with Gasteiger partial charge in [-0.2, -0.15) is 4.98 Å². The van der Waals surface area contributed by atoms with E-state index in [1.54, 1.807) is 60.1 Å². The van der Waals surface area contributed by atoms with Gasteiger partial charge in [-0.15, -0.1) is 0 Å². The highest BCUT2D eigenvalue weighted by molar-refractivity contribution is 5.85. The summed E-state index contributed by atoms with van der Waals surface area (Å²) < 4.78 is 18.7. The number of likely N-dealkylation sites (N-methyl/N-ethyl adjacent to an activating group) is 1. The molecule has 2 aromatic rings. The number of anilines is 3. The van der Waals surface area contributed by atoms with Gasteiger partial charge in [-0.1, -0.05) is 17.9 Å². The fourth-order valence-corrected chi connectivity index (χ4v) is 3.44. The number of benzene rings is 1. The molecule has 1 aliphatic carbocycles. The minimum Gasteiger partial charge on any atom is -0.444 e. The fraction of sp³-hybridized carbons (Fsp3) is 0.462. The Morgan fingerprint density at radius 3 is 2.64 bits per heavy atom. The highest BCUT2D eigenvalue weighted by atomic mass is 19.1. The van der Waals surface area contributed by atoms with Crippen LogP contribution in [0.5, 0.6) is 0 Å². The van der Waals surface area contributed by atoms with Crippen molar-refractivity contribution in [1.29, 1.82) is 0 Å². The Hall–Kier alpha value is -3.87. The molecule has 36 heavy (non-hydrogen) atoms. The van der Waals surface area contributed by atoms with Crippen LogP contribution in [0.25, 0.3) is 0 Å². The molecule has 10 heteroatoms. The largest absolute Gasteiger partial charge is 0.444 e. The Kier molecular flexibility index (Phi) is 8.35. The number of aromatic nitrogens is 2. The van der Waals surface area contributed by atoms with Crippen LogP contribution < -0.4 is 16.0 Å². The third kappa shape index (κ3) is 7.31. The standard InChI is InChI=1S/C26H33FN6O3/c1-16(33(6)25(35)36-26(2,3)4)23(34)30-21-12-17(13-21)10-11-18-15-29-24(32-22(18)28-5)31-20-9-7-8-19(27)14-20/h7-9,14-17,21H,12-13H2,1-6H3,(H,30,34)(H2,28,29,31,32)/t16-,17-,21+/m0/s1. The number of carbonyl (C=O) groups excluding carboxylic acids is 2. The summed E-state index contributed by atoms with van der Waals surface area (Å²) in [6.07, 6.45) is 2.51. The monoisotopic (exact) mass is 496 g/mol. The normalized spacial score (nSPS) is 17.5. The maximum Gasteiger partial charge on any atom is 0.410 e. The Morgan fingerprint density at radius 1 is 1.28 bits per heavy atom. The summed E-state index contributed by atoms with van der Waals surface area (Å²) in [7, 11) is 3.29. The van der Waals surface area contributed by atoms with Gasteiger partial charge in [0.05, 0.1) is 11.8 Å². The number of hydrogen-bond donors (Lipinski definition) is 3. The molecule has 0 saturated heterocycles. The number of rotatable bonds is 6. The van der Waals surface area contributed by atoms with E-state index in [2.05, 4.69) is 37.8 Å². The second-order valence-corrected chi connectivity index (χ2v) is 9.75. The van der Waals surface area contributed by atoms with Crippen LogP contribution in [0.1, 0.15) is 46.1 Å². The summed E-state index contributed by atoms with van der Waals surface area (Å²) in [4.78, 5) is 34.7. The first-order valence-corrected chi connectivity index (χ1v) is 11.8. The van der Waals surface area contributed by atoms with Crippen molar-refractivity contribution < 1.29 is 18.7 Å². The maximum atomic E-state index is 13.4. The van der Waals surface area contributed by atoms with E-state index < -0.39 is 17.7 Å². The van der Waals surface area contributed by atoms with Gasteiger partial charge in [0.15, 0.2) is 0 Å². The minimum absolute atomic E-state index is 0.00384. The predicted molar refractivity (Wildman–Crippen MR) is 136 cm³/mol. The molecule has 0 spiro atoms. The molecule has 1 atom stereocenters. The van der Waals surface area contributed by atoms with E-state index in [-0.39, 0.29) is 23.7 Å². The highest BCUT2D eigenvalue weighted by Crippen LogP contribution is 2.27. The number of amides is 2. The molecule has 0 unspecified atom stereocenters. The lowest BCUT2D eigenvalue weighted by Gasteiger charge is -2.34. The topological polar surface area (TPSA) is 108 Å². The molecule has 1 saturated carbocycles. The van der Waals surface area contributed by atoms with Gasteiger partial charge in [0.1, 0.15) is 23.3 Å². The van der Waals surface area contributed by atoms with Gasteiger partial charge in [-0.3, -0.25) is 9.69 Å². The number of halogens is 1. The van der Waals surface area contributed by atoms with Crippen molar-refractivity contribution in [3.63, 3.8) is 0 Å². The first kappa shape index (κ1) is 26.7. The molecular formula is C26H33FN6O3. The van der Waals surface area contributed by atoms with Gasteiger partial charge in [0.2, 0.25) is 11.9 Å². The summed E-state index contributed by atoms with van der Waals surface area (Å²) in [6, 6.07) is 5.40. The molecule has 0 bridgehead atoms. The smallest absolute Gasteiger partial charge is 0.410 e. The molecule has 1 aromatic heterocycles. The second-order valence-electron chi connectivity index (χ2n) is 9.75. The number of hydrogen-bond acceptors (Lipinski definition) is 7. The number of carbonyl (C=O) groups is 2. The lowest BCUT2D eigenvalue weighted by molar-refractivity contribution is -0.126. The summed E-state index contributed by atoms with van der Waals surface area (Å²) in [5.74, 6) is 6.75. The molecule has 3 rings (SSSR count). The van der Waals surface area contributed by atoms with E-state index in [0.29, 0.717) is 23.0 Å². The van der Waals surface area contributed by atoms with Gasteiger partial charge in [-0.25, -0.2) is 14.2 Å². The van der Waals surface area contributed by atoms with Crippen molar-refractivity contribution in [2.75, 3.05) is 24.7 Å². The van der Waals surface area contributed by atoms with Crippen LogP contribution >= 0.6 is 0 Å². The van der Waals surface area contributed by atoms with Gasteiger partial charge >= 0.3 is 6.09 Å². The fourth-order valence-electron chi connectivity index (χ4n) is 3.44. The van der Waals surface area contributed by atoms with Crippen molar-refractivity contribution in [3.05, 3.63) is 41.8 Å². The molecule has 0 aliphatic heterocycles. The average molecular weight is 497 g/mol. The Balaban J connectivity index is 1.52. The second kappa shape index (κ2) is 11.2. The van der Waals surface area contributed by atoms with Gasteiger partial charge in [0.25, 0.3) is 0 Å². The van der Waals surface area contributed by atoms with Gasteiger partial charge < -0.3 is 20.7 Å². The zero-order valence-electron chi connectivity index (χ0n) is 21.5. The average Bonchev–Trinajstić information content (AvgIpc) is 2.78. The number of nitrogens with zero attached hydrogens (tertiary/aromatic N) is 3. The van der Waals surface area contributed by atoms with Crippen molar-refractivity contribution in [2.45, 2.75) is 58.2 Å². The molecule has 1 aromatic carbocycles. The molecule has 2 amide bonds. The predicted octanol–water partition coefficient (Wildman–Crippen LogP) is 3.90. The zero-order valence-corrected chi connectivity index (χ0v) is 21.5. The molecule has 1 fully saturated rings. The Labute approximate surface area is 211 Å². The van der Waals surface area contributed by atoms with Crippen molar-refractivity contribution >= 4 is 29.5 Å². The molecule has 0 radical (unpaired) electrons. The lowest BCUT2D eigenvalue weighted by atomic mass is 9.80. The van der Waals surface area contributed by atoms with E-state index in [1.807, 2.05) is 0 Å². The van der Waals surface area contributed by atoms with Crippen LogP contribution in [-0.4, -0.2) is 58.6 Å². The Morgan fingerprint density at radius 2 is 2.00 bits per heavy atom. The van der Waals surface area contributed by atoms with E-state index in [0.717, 1.165) is 12.8 Å². The summed E-state index contributed by atoms with van der Waals surface area (Å²) >= 11 is 0. The molecule has 3 N–H and O–H groups in total. The zero-order chi connectivity index (χ0) is 26.5. The summed E-state index contributed by atoms with van der Waals surface area (Å²) in [5.41, 5.74) is 0.560. The first-order valence-electron chi connectivity index (χ1n) is 11.8. The van der Waals surface area contributed by atoms with E-state index >= 15 is 0 Å². The van der Waals surface area contributed by atoms with Crippen molar-refractivity contribution in [1.82, 2.24) is 20.2 Å². The van der Waals surface area contributed by atoms with Gasteiger partial charge in [-0.05, 0) is 58.7 Å². The van der Waals surface area contributed by atoms with Crippen LogP contribution in [-0.2, 0) is 9.53 Å². The summed E-state index contributed by atoms with van der Waals surface area (Å²) in [6.45, 7) is 7.01. The molecule has 1 heterocycles. The molecule has 9 nitrogen and oxygen atoms in total. The third-order valence-corrected chi connectivity index (χ3v) is 5.64. The van der Waals surface area contributed by atoms with E-state index in [9.17, 15) is 14.0 Å². The van der Waals surface area contributed by atoms with Crippen LogP contribution in [0.15, 0.2) is 30.5 Å². The third-order valence-electron chi connectivity index (χ3n) is 5.64. The molecule has 192 valence electrons. The first-order chi connectivity index (χ1) is 16.9. The van der Waals surface area contributed by atoms with E-state index in [4.69, 9.17) is 4.74 Å². The SMILES string of the molecule is CNc1nc(Nc2cccc(F)c2)ncc1C#C[C@H]1C[C@@H](NC(=O)[C@H](C)N(C)C(=O)OC(C)(C)C)C1. The van der Waals surface area contributed by atoms with Crippen molar-refractivity contribution in [2.24, 2.45) is 5.92 Å². The van der Waals surface area contributed by atoms with Crippen molar-refractivity contribution in [3.8, 4) is 11.8 Å². The molecule has 1 aliphatic rings. The van der Waals surface area contributed by atoms with Crippen LogP contribution in [0.4, 0.5) is 26.6 Å². The minimum atomic E-state index is -0.653. The van der Waals surface area contributed by atoms with Crippen LogP contribution in [0.3, 0.4) is 0 Å². The maximum absolute atomic E-state index is 13.4.